The van der Waals surface area contributed by atoms with E-state index in [1.54, 1.807) is 6.08 Å². The van der Waals surface area contributed by atoms with Gasteiger partial charge in [-0.15, -0.1) is 0 Å². The Morgan fingerprint density at radius 1 is 1.04 bits per heavy atom. The molecule has 2 atom stereocenters. The lowest BCUT2D eigenvalue weighted by Crippen LogP contribution is -2.52. The third-order valence-corrected chi connectivity index (χ3v) is 4.23. The highest BCUT2D eigenvalue weighted by molar-refractivity contribution is 5.84. The highest BCUT2D eigenvalue weighted by atomic mass is 16.5. The third kappa shape index (κ3) is 3.34. The second kappa shape index (κ2) is 8.04. The van der Waals surface area contributed by atoms with E-state index >= 15 is 0 Å². The maximum atomic E-state index is 12.3. The number of hydrogen-bond donors (Lipinski definition) is 0. The summed E-state index contributed by atoms with van der Waals surface area (Å²) in [6.07, 6.45) is 1.63. The van der Waals surface area contributed by atoms with Gasteiger partial charge in [-0.05, 0) is 29.7 Å². The molecule has 1 aliphatic carbocycles. The fourth-order valence-corrected chi connectivity index (χ4v) is 3.18. The van der Waals surface area contributed by atoms with Crippen LogP contribution in [0.25, 0.3) is 0 Å². The number of benzene rings is 1. The van der Waals surface area contributed by atoms with Crippen LogP contribution in [0.15, 0.2) is 65.9 Å². The van der Waals surface area contributed by atoms with Crippen molar-refractivity contribution >= 4 is 11.9 Å². The number of allylic oxidation sites excluding steroid dienone is 1. The Bertz CT molecular complexity index is 745. The van der Waals surface area contributed by atoms with Crippen LogP contribution in [0.3, 0.4) is 0 Å². The largest absolute Gasteiger partial charge is 0.469 e. The lowest BCUT2D eigenvalue weighted by molar-refractivity contribution is -0.166. The van der Waals surface area contributed by atoms with Crippen LogP contribution in [-0.4, -0.2) is 26.2 Å². The van der Waals surface area contributed by atoms with Gasteiger partial charge in [-0.1, -0.05) is 41.8 Å². The Hall–Kier alpha value is -2.98. The van der Waals surface area contributed by atoms with Gasteiger partial charge in [-0.3, -0.25) is 9.59 Å². The minimum atomic E-state index is -0.483. The topological polar surface area (TPSA) is 52.6 Å². The lowest BCUT2D eigenvalue weighted by Gasteiger charge is -2.47. The maximum absolute atomic E-state index is 12.3. The molecular weight excluding hydrogens is 304 g/mol. The van der Waals surface area contributed by atoms with Gasteiger partial charge in [0.2, 0.25) is 0 Å². The average Bonchev–Trinajstić information content (AvgIpc) is 2.60. The van der Waals surface area contributed by atoms with Crippen LogP contribution in [0, 0.1) is 17.8 Å². The van der Waals surface area contributed by atoms with Crippen LogP contribution >= 0.6 is 0 Å². The second-order valence-corrected chi connectivity index (χ2v) is 5.35. The lowest BCUT2D eigenvalue weighted by atomic mass is 9.54. The van der Waals surface area contributed by atoms with Crippen molar-refractivity contribution in [3.63, 3.8) is 0 Å². The van der Waals surface area contributed by atoms with E-state index in [4.69, 9.17) is 9.47 Å². The molecule has 2 rings (SSSR count). The van der Waals surface area contributed by atoms with Gasteiger partial charge in [0.1, 0.15) is 0 Å². The first-order valence-electron chi connectivity index (χ1n) is 7.47. The van der Waals surface area contributed by atoms with Crippen LogP contribution < -0.4 is 0 Å². The van der Waals surface area contributed by atoms with Crippen molar-refractivity contribution in [1.82, 2.24) is 0 Å². The Labute approximate surface area is 141 Å². The van der Waals surface area contributed by atoms with Crippen LogP contribution in [0.1, 0.15) is 11.5 Å². The number of ether oxygens (including phenoxy) is 2. The number of rotatable bonds is 4. The Balaban J connectivity index is 2.49. The first-order chi connectivity index (χ1) is 11.7. The van der Waals surface area contributed by atoms with Gasteiger partial charge in [-0.2, -0.15) is 0 Å². The molecule has 1 aromatic rings. The second-order valence-electron chi connectivity index (χ2n) is 5.35. The maximum Gasteiger partial charge on any atom is 0.309 e. The first kappa shape index (κ1) is 17.4. The van der Waals surface area contributed by atoms with Gasteiger partial charge in [0.25, 0.3) is 0 Å². The minimum absolute atomic E-state index is 0.298. The summed E-state index contributed by atoms with van der Waals surface area (Å²) in [5, 5.41) is 0. The van der Waals surface area contributed by atoms with Crippen molar-refractivity contribution < 1.29 is 19.1 Å². The fraction of sp³-hybridized carbons (Fsp3) is 0.300. The number of methoxy groups -OCH3 is 2. The molecular formula is C20H18O4. The van der Waals surface area contributed by atoms with Gasteiger partial charge >= 0.3 is 11.9 Å². The highest BCUT2D eigenvalue weighted by Crippen LogP contribution is 2.53. The van der Waals surface area contributed by atoms with Crippen molar-refractivity contribution in [2.24, 2.45) is 17.8 Å². The third-order valence-electron chi connectivity index (χ3n) is 4.23. The van der Waals surface area contributed by atoms with Crippen molar-refractivity contribution in [2.75, 3.05) is 14.2 Å². The molecule has 0 heterocycles. The van der Waals surface area contributed by atoms with Crippen LogP contribution in [-0.2, 0) is 19.1 Å². The van der Waals surface area contributed by atoms with Gasteiger partial charge < -0.3 is 9.47 Å². The molecule has 1 aliphatic rings. The van der Waals surface area contributed by atoms with E-state index in [0.717, 1.165) is 5.56 Å². The summed E-state index contributed by atoms with van der Waals surface area (Å²) < 4.78 is 9.86. The molecule has 2 unspecified atom stereocenters. The normalized spacial score (nSPS) is 24.1. The molecule has 0 radical (unpaired) electrons. The number of esters is 2. The molecule has 0 aromatic heterocycles. The SMILES string of the molecule is C=C=C=C=C=CC1C(C(=O)OC)C(c2ccccc2)C1C(=O)OC. The summed E-state index contributed by atoms with van der Waals surface area (Å²) in [7, 11) is 2.68. The van der Waals surface area contributed by atoms with Gasteiger partial charge in [-0.25, -0.2) is 0 Å². The van der Waals surface area contributed by atoms with Crippen molar-refractivity contribution in [1.29, 1.82) is 0 Å². The summed E-state index contributed by atoms with van der Waals surface area (Å²) >= 11 is 0. The monoisotopic (exact) mass is 322 g/mol. The highest BCUT2D eigenvalue weighted by Gasteiger charge is 2.57. The van der Waals surface area contributed by atoms with Gasteiger partial charge in [0, 0.05) is 11.8 Å². The smallest absolute Gasteiger partial charge is 0.309 e. The van der Waals surface area contributed by atoms with E-state index < -0.39 is 11.8 Å². The zero-order valence-corrected chi connectivity index (χ0v) is 13.6. The molecule has 0 saturated heterocycles. The van der Waals surface area contributed by atoms with E-state index in [9.17, 15) is 9.59 Å². The molecule has 1 saturated carbocycles. The molecule has 4 heteroatoms. The number of hydrogen-bond acceptors (Lipinski definition) is 4. The molecule has 0 aliphatic heterocycles. The zero-order valence-electron chi connectivity index (χ0n) is 13.6. The van der Waals surface area contributed by atoms with E-state index in [-0.39, 0.29) is 23.8 Å². The standard InChI is InChI=1S/C20H18O4/c1-4-5-6-10-13-15-17(19(21)23-2)16(18(15)20(22)24-3)14-11-8-7-9-12-14/h7-9,11-13,15-18H,1H2,2-3H3. The Morgan fingerprint density at radius 3 is 2.12 bits per heavy atom. The Kier molecular flexibility index (Phi) is 5.82. The van der Waals surface area contributed by atoms with Gasteiger partial charge in [0.15, 0.2) is 0 Å². The van der Waals surface area contributed by atoms with Crippen molar-refractivity contribution in [3.8, 4) is 0 Å². The summed E-state index contributed by atoms with van der Waals surface area (Å²) in [5.41, 5.74) is 11.2. The van der Waals surface area contributed by atoms with Crippen LogP contribution in [0.5, 0.6) is 0 Å². The predicted octanol–water partition coefficient (Wildman–Crippen LogP) is 2.78. The molecule has 1 aromatic carbocycles. The van der Waals surface area contributed by atoms with E-state index in [0.29, 0.717) is 0 Å². The summed E-state index contributed by atoms with van der Waals surface area (Å²) in [4.78, 5) is 24.5. The first-order valence-corrected chi connectivity index (χ1v) is 7.47. The predicted molar refractivity (Wildman–Crippen MR) is 87.9 cm³/mol. The summed E-state index contributed by atoms with van der Waals surface area (Å²) in [6.45, 7) is 3.38. The quantitative estimate of drug-likeness (QED) is 0.632. The van der Waals surface area contributed by atoms with E-state index in [2.05, 4.69) is 29.5 Å². The Morgan fingerprint density at radius 2 is 1.62 bits per heavy atom. The molecule has 0 bridgehead atoms. The zero-order chi connectivity index (χ0) is 17.5. The average molecular weight is 322 g/mol. The molecule has 122 valence electrons. The van der Waals surface area contributed by atoms with Crippen LogP contribution in [0.2, 0.25) is 0 Å². The summed E-state index contributed by atoms with van der Waals surface area (Å²) in [6, 6.07) is 9.42. The van der Waals surface area contributed by atoms with E-state index in [1.807, 2.05) is 30.3 Å². The number of carbonyl (C=O) groups is 2. The van der Waals surface area contributed by atoms with Crippen LogP contribution in [0.4, 0.5) is 0 Å². The van der Waals surface area contributed by atoms with Crippen molar-refractivity contribution in [3.05, 3.63) is 71.5 Å². The van der Waals surface area contributed by atoms with E-state index in [1.165, 1.54) is 14.2 Å². The molecule has 1 fully saturated rings. The minimum Gasteiger partial charge on any atom is -0.469 e. The molecule has 4 nitrogen and oxygen atoms in total. The van der Waals surface area contributed by atoms with Gasteiger partial charge in [0.05, 0.1) is 26.1 Å². The number of carbonyl (C=O) groups excluding carboxylic acids is 2. The molecule has 24 heavy (non-hydrogen) atoms. The fourth-order valence-electron chi connectivity index (χ4n) is 3.18. The summed E-state index contributed by atoms with van der Waals surface area (Å²) in [5.74, 6) is -2.38. The molecule has 0 N–H and O–H groups in total. The molecule has 0 spiro atoms. The molecule has 0 amide bonds. The van der Waals surface area contributed by atoms with Crippen molar-refractivity contribution in [2.45, 2.75) is 5.92 Å².